The summed E-state index contributed by atoms with van der Waals surface area (Å²) in [5.41, 5.74) is 1.38. The predicted octanol–water partition coefficient (Wildman–Crippen LogP) is 4.01. The second-order valence-electron chi connectivity index (χ2n) is 5.19. The van der Waals surface area contributed by atoms with Gasteiger partial charge in [0.1, 0.15) is 11.4 Å². The van der Waals surface area contributed by atoms with Gasteiger partial charge in [0, 0.05) is 6.20 Å². The molecule has 0 radical (unpaired) electrons. The summed E-state index contributed by atoms with van der Waals surface area (Å²) in [6.45, 7) is 4.89. The SMILES string of the molecule is CC(C)COc1cccc(/C=C/C(=O)c2ccccn2)c1. The molecule has 0 aliphatic carbocycles. The molecule has 21 heavy (non-hydrogen) atoms. The van der Waals surface area contributed by atoms with Gasteiger partial charge in [0.25, 0.3) is 0 Å². The molecule has 0 N–H and O–H groups in total. The molecule has 1 aromatic heterocycles. The molecule has 2 aromatic rings. The van der Waals surface area contributed by atoms with Crippen LogP contribution in [-0.2, 0) is 0 Å². The van der Waals surface area contributed by atoms with Crippen LogP contribution in [0.2, 0.25) is 0 Å². The van der Waals surface area contributed by atoms with E-state index < -0.39 is 0 Å². The first-order chi connectivity index (χ1) is 10.1. The van der Waals surface area contributed by atoms with Crippen LogP contribution in [0.1, 0.15) is 29.9 Å². The van der Waals surface area contributed by atoms with Crippen molar-refractivity contribution in [2.75, 3.05) is 6.61 Å². The van der Waals surface area contributed by atoms with Gasteiger partial charge in [0.2, 0.25) is 5.78 Å². The molecule has 2 rings (SSSR count). The van der Waals surface area contributed by atoms with Gasteiger partial charge in [0.05, 0.1) is 6.61 Å². The van der Waals surface area contributed by atoms with E-state index in [2.05, 4.69) is 18.8 Å². The fourth-order valence-corrected chi connectivity index (χ4v) is 1.74. The highest BCUT2D eigenvalue weighted by Gasteiger charge is 2.02. The van der Waals surface area contributed by atoms with E-state index in [0.29, 0.717) is 18.2 Å². The molecule has 0 saturated carbocycles. The maximum atomic E-state index is 11.9. The number of carbonyl (C=O) groups is 1. The van der Waals surface area contributed by atoms with Crippen molar-refractivity contribution >= 4 is 11.9 Å². The standard InChI is InChI=1S/C18H19NO2/c1-14(2)13-21-16-7-5-6-15(12-16)9-10-18(20)17-8-3-4-11-19-17/h3-12,14H,13H2,1-2H3/b10-9+. The summed E-state index contributed by atoms with van der Waals surface area (Å²) in [4.78, 5) is 16.0. The van der Waals surface area contributed by atoms with Crippen molar-refractivity contribution in [3.63, 3.8) is 0 Å². The molecule has 0 bridgehead atoms. The van der Waals surface area contributed by atoms with E-state index in [9.17, 15) is 4.79 Å². The summed E-state index contributed by atoms with van der Waals surface area (Å²) >= 11 is 0. The molecule has 0 fully saturated rings. The molecule has 0 aliphatic heterocycles. The Labute approximate surface area is 125 Å². The number of ketones is 1. The fourth-order valence-electron chi connectivity index (χ4n) is 1.74. The largest absolute Gasteiger partial charge is 0.493 e. The summed E-state index contributed by atoms with van der Waals surface area (Å²) < 4.78 is 5.67. The number of ether oxygens (including phenoxy) is 1. The second-order valence-corrected chi connectivity index (χ2v) is 5.19. The Balaban J connectivity index is 2.04. The van der Waals surface area contributed by atoms with Crippen molar-refractivity contribution in [3.05, 3.63) is 66.0 Å². The first-order valence-corrected chi connectivity index (χ1v) is 7.01. The van der Waals surface area contributed by atoms with Gasteiger partial charge in [-0.25, -0.2) is 0 Å². The summed E-state index contributed by atoms with van der Waals surface area (Å²) in [7, 11) is 0. The highest BCUT2D eigenvalue weighted by atomic mass is 16.5. The zero-order valence-electron chi connectivity index (χ0n) is 12.3. The second kappa shape index (κ2) is 7.39. The van der Waals surface area contributed by atoms with Crippen molar-refractivity contribution in [2.24, 2.45) is 5.92 Å². The van der Waals surface area contributed by atoms with E-state index in [0.717, 1.165) is 11.3 Å². The Morgan fingerprint density at radius 1 is 1.24 bits per heavy atom. The zero-order chi connectivity index (χ0) is 15.1. The van der Waals surface area contributed by atoms with E-state index >= 15 is 0 Å². The zero-order valence-corrected chi connectivity index (χ0v) is 12.3. The quantitative estimate of drug-likeness (QED) is 0.593. The number of hydrogen-bond acceptors (Lipinski definition) is 3. The van der Waals surface area contributed by atoms with Crippen LogP contribution in [0.15, 0.2) is 54.7 Å². The van der Waals surface area contributed by atoms with Gasteiger partial charge in [-0.3, -0.25) is 9.78 Å². The highest BCUT2D eigenvalue weighted by Crippen LogP contribution is 2.15. The van der Waals surface area contributed by atoms with Gasteiger partial charge in [-0.05, 0) is 41.8 Å². The van der Waals surface area contributed by atoms with Crippen LogP contribution >= 0.6 is 0 Å². The Bertz CT molecular complexity index is 618. The molecular weight excluding hydrogens is 262 g/mol. The molecule has 1 heterocycles. The van der Waals surface area contributed by atoms with Crippen LogP contribution in [0.4, 0.5) is 0 Å². The number of allylic oxidation sites excluding steroid dienone is 1. The molecule has 0 aliphatic rings. The predicted molar refractivity (Wildman–Crippen MR) is 84.4 cm³/mol. The Morgan fingerprint density at radius 2 is 2.10 bits per heavy atom. The molecule has 0 atom stereocenters. The first kappa shape index (κ1) is 15.0. The van der Waals surface area contributed by atoms with Crippen LogP contribution in [0.3, 0.4) is 0 Å². The normalized spacial score (nSPS) is 11.0. The van der Waals surface area contributed by atoms with Crippen LogP contribution < -0.4 is 4.74 Å². The van der Waals surface area contributed by atoms with Gasteiger partial charge < -0.3 is 4.74 Å². The summed E-state index contributed by atoms with van der Waals surface area (Å²) in [6, 6.07) is 13.0. The van der Waals surface area contributed by atoms with Gasteiger partial charge in [-0.2, -0.15) is 0 Å². The third-order valence-corrected chi connectivity index (χ3v) is 2.79. The molecule has 0 spiro atoms. The summed E-state index contributed by atoms with van der Waals surface area (Å²) in [5.74, 6) is 1.19. The molecule has 3 heteroatoms. The van der Waals surface area contributed by atoms with E-state index in [1.165, 1.54) is 6.08 Å². The number of aromatic nitrogens is 1. The number of hydrogen-bond donors (Lipinski definition) is 0. The Kier molecular flexibility index (Phi) is 5.27. The van der Waals surface area contributed by atoms with Crippen LogP contribution in [0.5, 0.6) is 5.75 Å². The molecule has 0 unspecified atom stereocenters. The van der Waals surface area contributed by atoms with Gasteiger partial charge in [-0.15, -0.1) is 0 Å². The van der Waals surface area contributed by atoms with Crippen molar-refractivity contribution in [3.8, 4) is 5.75 Å². The summed E-state index contributed by atoms with van der Waals surface area (Å²) in [5, 5.41) is 0. The maximum Gasteiger partial charge on any atom is 0.204 e. The molecular formula is C18H19NO2. The number of carbonyl (C=O) groups excluding carboxylic acids is 1. The molecule has 1 aromatic carbocycles. The molecule has 3 nitrogen and oxygen atoms in total. The van der Waals surface area contributed by atoms with Crippen molar-refractivity contribution in [1.82, 2.24) is 4.98 Å². The van der Waals surface area contributed by atoms with Crippen LogP contribution in [-0.4, -0.2) is 17.4 Å². The lowest BCUT2D eigenvalue weighted by Crippen LogP contribution is -2.04. The van der Waals surface area contributed by atoms with E-state index in [1.807, 2.05) is 24.3 Å². The van der Waals surface area contributed by atoms with Crippen LogP contribution in [0, 0.1) is 5.92 Å². The fraction of sp³-hybridized carbons (Fsp3) is 0.222. The van der Waals surface area contributed by atoms with E-state index in [1.54, 1.807) is 30.5 Å². The lowest BCUT2D eigenvalue weighted by Gasteiger charge is -2.08. The molecule has 0 saturated heterocycles. The van der Waals surface area contributed by atoms with Crippen LogP contribution in [0.25, 0.3) is 6.08 Å². The number of pyridine rings is 1. The first-order valence-electron chi connectivity index (χ1n) is 7.01. The van der Waals surface area contributed by atoms with Gasteiger partial charge in [0.15, 0.2) is 0 Å². The Hall–Kier alpha value is -2.42. The number of nitrogens with zero attached hydrogens (tertiary/aromatic N) is 1. The van der Waals surface area contributed by atoms with Gasteiger partial charge >= 0.3 is 0 Å². The smallest absolute Gasteiger partial charge is 0.204 e. The topological polar surface area (TPSA) is 39.2 Å². The number of benzene rings is 1. The third kappa shape index (κ3) is 4.88. The van der Waals surface area contributed by atoms with Crippen molar-refractivity contribution < 1.29 is 9.53 Å². The highest BCUT2D eigenvalue weighted by molar-refractivity contribution is 6.05. The van der Waals surface area contributed by atoms with Crippen molar-refractivity contribution in [1.29, 1.82) is 0 Å². The minimum Gasteiger partial charge on any atom is -0.493 e. The van der Waals surface area contributed by atoms with E-state index in [4.69, 9.17) is 4.74 Å². The van der Waals surface area contributed by atoms with E-state index in [-0.39, 0.29) is 5.78 Å². The molecule has 0 amide bonds. The average Bonchev–Trinajstić information content (AvgIpc) is 2.52. The minimum atomic E-state index is -0.107. The third-order valence-electron chi connectivity index (χ3n) is 2.79. The minimum absolute atomic E-state index is 0.107. The summed E-state index contributed by atoms with van der Waals surface area (Å²) in [6.07, 6.45) is 4.92. The molecule has 108 valence electrons. The van der Waals surface area contributed by atoms with Crippen molar-refractivity contribution in [2.45, 2.75) is 13.8 Å². The van der Waals surface area contributed by atoms with Gasteiger partial charge in [-0.1, -0.05) is 38.1 Å². The Morgan fingerprint density at radius 3 is 2.81 bits per heavy atom. The lowest BCUT2D eigenvalue weighted by atomic mass is 10.1. The number of rotatable bonds is 6. The lowest BCUT2D eigenvalue weighted by molar-refractivity contribution is 0.104. The average molecular weight is 281 g/mol. The maximum absolute atomic E-state index is 11.9. The monoisotopic (exact) mass is 281 g/mol.